The molecule has 0 aromatic heterocycles. The van der Waals surface area contributed by atoms with Gasteiger partial charge in [-0.05, 0) is 25.7 Å². The van der Waals surface area contributed by atoms with Crippen LogP contribution >= 0.6 is 0 Å². The summed E-state index contributed by atoms with van der Waals surface area (Å²) in [5.74, 6) is -1.38. The number of carboxylic acids is 1. The summed E-state index contributed by atoms with van der Waals surface area (Å²) in [6.45, 7) is 6.34. The first kappa shape index (κ1) is 15.9. The summed E-state index contributed by atoms with van der Waals surface area (Å²) in [4.78, 5) is 22.4. The molecule has 5 nitrogen and oxygen atoms in total. The minimum atomic E-state index is -1.52. The maximum absolute atomic E-state index is 11.4. The highest BCUT2D eigenvalue weighted by Crippen LogP contribution is 2.23. The lowest BCUT2D eigenvalue weighted by molar-refractivity contribution is -0.167. The molecule has 0 amide bonds. The minimum Gasteiger partial charge on any atom is -0.480 e. The lowest BCUT2D eigenvalue weighted by atomic mass is 9.87. The molecule has 0 aliphatic rings. The molecule has 1 unspecified atom stereocenters. The molecule has 17 heavy (non-hydrogen) atoms. The molecule has 0 heterocycles. The first-order valence-electron chi connectivity index (χ1n) is 5.74. The van der Waals surface area contributed by atoms with Crippen LogP contribution in [0.5, 0.6) is 0 Å². The molecule has 0 radical (unpaired) electrons. The van der Waals surface area contributed by atoms with E-state index in [0.29, 0.717) is 12.5 Å². The second-order valence-electron chi connectivity index (χ2n) is 4.67. The van der Waals surface area contributed by atoms with Crippen molar-refractivity contribution in [3.05, 3.63) is 0 Å². The van der Waals surface area contributed by atoms with E-state index in [1.165, 1.54) is 14.0 Å². The topological polar surface area (TPSA) is 72.8 Å². The molecule has 0 saturated heterocycles. The largest absolute Gasteiger partial charge is 0.480 e. The Morgan fingerprint density at radius 1 is 1.29 bits per heavy atom. The number of hydrogen-bond acceptors (Lipinski definition) is 4. The van der Waals surface area contributed by atoms with Crippen LogP contribution < -0.4 is 0 Å². The highest BCUT2D eigenvalue weighted by molar-refractivity contribution is 5.98. The molecule has 0 saturated carbocycles. The predicted octanol–water partition coefficient (Wildman–Crippen LogP) is 1.70. The Labute approximate surface area is 102 Å². The lowest BCUT2D eigenvalue weighted by Gasteiger charge is -2.21. The number of carbonyl (C=O) groups is 2. The van der Waals surface area contributed by atoms with Crippen LogP contribution in [0, 0.1) is 11.3 Å². The number of methoxy groups -OCH3 is 1. The van der Waals surface area contributed by atoms with E-state index in [9.17, 15) is 9.59 Å². The molecule has 0 aromatic carbocycles. The van der Waals surface area contributed by atoms with Gasteiger partial charge in [0, 0.05) is 13.2 Å². The second kappa shape index (κ2) is 7.27. The van der Waals surface area contributed by atoms with Crippen molar-refractivity contribution in [1.29, 1.82) is 0 Å². The zero-order valence-corrected chi connectivity index (χ0v) is 11.0. The van der Waals surface area contributed by atoms with E-state index in [4.69, 9.17) is 9.84 Å². The van der Waals surface area contributed by atoms with E-state index < -0.39 is 17.4 Å². The fraction of sp³-hybridized carbons (Fsp3) is 0.833. The zero-order valence-electron chi connectivity index (χ0n) is 11.0. The zero-order chi connectivity index (χ0) is 13.5. The summed E-state index contributed by atoms with van der Waals surface area (Å²) in [5, 5.41) is 9.02. The van der Waals surface area contributed by atoms with Crippen LogP contribution in [0.1, 0.15) is 33.6 Å². The predicted molar refractivity (Wildman–Crippen MR) is 62.6 cm³/mol. The van der Waals surface area contributed by atoms with Crippen molar-refractivity contribution < 1.29 is 24.2 Å². The van der Waals surface area contributed by atoms with Crippen LogP contribution in [-0.4, -0.2) is 37.4 Å². The number of ether oxygens (including phenoxy) is 2. The molecule has 1 atom stereocenters. The highest BCUT2D eigenvalue weighted by atomic mass is 16.5. The Kier molecular flexibility index (Phi) is 6.80. The van der Waals surface area contributed by atoms with E-state index in [-0.39, 0.29) is 13.0 Å². The van der Waals surface area contributed by atoms with E-state index in [2.05, 4.69) is 18.6 Å². The maximum atomic E-state index is 11.4. The van der Waals surface area contributed by atoms with Gasteiger partial charge in [-0.15, -0.1) is 0 Å². The number of rotatable bonds is 8. The van der Waals surface area contributed by atoms with Gasteiger partial charge in [0.05, 0.1) is 7.11 Å². The Balaban J connectivity index is 4.11. The molecule has 1 N–H and O–H groups in total. The van der Waals surface area contributed by atoms with Crippen LogP contribution in [0.3, 0.4) is 0 Å². The van der Waals surface area contributed by atoms with Crippen LogP contribution in [0.15, 0.2) is 0 Å². The number of hydrogen-bond donors (Lipinski definition) is 1. The molecule has 5 heteroatoms. The van der Waals surface area contributed by atoms with Gasteiger partial charge in [0.15, 0.2) is 5.41 Å². The summed E-state index contributed by atoms with van der Waals surface area (Å²) >= 11 is 0. The lowest BCUT2D eigenvalue weighted by Crippen LogP contribution is -2.38. The van der Waals surface area contributed by atoms with Crippen molar-refractivity contribution >= 4 is 11.9 Å². The molecule has 0 spiro atoms. The standard InChI is InChI=1S/C12H22O5/c1-9(2)5-7-17-8-6-12(3,10(13)14)11(15)16-4/h9H,5-8H2,1-4H3,(H,13,14). The van der Waals surface area contributed by atoms with Crippen LogP contribution in [0.4, 0.5) is 0 Å². The highest BCUT2D eigenvalue weighted by Gasteiger charge is 2.42. The van der Waals surface area contributed by atoms with Crippen molar-refractivity contribution in [2.45, 2.75) is 33.6 Å². The Morgan fingerprint density at radius 2 is 1.88 bits per heavy atom. The first-order valence-corrected chi connectivity index (χ1v) is 5.74. The molecule has 0 aliphatic heterocycles. The molecule has 0 aliphatic carbocycles. The van der Waals surface area contributed by atoms with E-state index >= 15 is 0 Å². The average Bonchev–Trinajstić information content (AvgIpc) is 2.26. The normalized spacial score (nSPS) is 14.4. The molecular weight excluding hydrogens is 224 g/mol. The van der Waals surface area contributed by atoms with Crippen molar-refractivity contribution in [3.8, 4) is 0 Å². The number of esters is 1. The minimum absolute atomic E-state index is 0.118. The summed E-state index contributed by atoms with van der Waals surface area (Å²) in [5.41, 5.74) is -1.52. The van der Waals surface area contributed by atoms with Gasteiger partial charge < -0.3 is 14.6 Å². The quantitative estimate of drug-likeness (QED) is 0.401. The van der Waals surface area contributed by atoms with Gasteiger partial charge in [-0.3, -0.25) is 9.59 Å². The molecular formula is C12H22O5. The smallest absolute Gasteiger partial charge is 0.323 e. The van der Waals surface area contributed by atoms with E-state index in [0.717, 1.165) is 6.42 Å². The van der Waals surface area contributed by atoms with Crippen LogP contribution in [-0.2, 0) is 19.1 Å². The first-order chi connectivity index (χ1) is 7.84. The van der Waals surface area contributed by atoms with Gasteiger partial charge in [0.25, 0.3) is 0 Å². The fourth-order valence-electron chi connectivity index (χ4n) is 1.22. The van der Waals surface area contributed by atoms with Crippen LogP contribution in [0.2, 0.25) is 0 Å². The second-order valence-corrected chi connectivity index (χ2v) is 4.67. The van der Waals surface area contributed by atoms with Crippen molar-refractivity contribution in [2.75, 3.05) is 20.3 Å². The third-order valence-corrected chi connectivity index (χ3v) is 2.69. The number of carboxylic acid groups (broad SMARTS) is 1. The van der Waals surface area contributed by atoms with Crippen LogP contribution in [0.25, 0.3) is 0 Å². The summed E-state index contributed by atoms with van der Waals surface area (Å²) in [6.07, 6.45) is 1.04. The Hall–Kier alpha value is -1.10. The molecule has 0 bridgehead atoms. The van der Waals surface area contributed by atoms with E-state index in [1.807, 2.05) is 0 Å². The monoisotopic (exact) mass is 246 g/mol. The van der Waals surface area contributed by atoms with Gasteiger partial charge in [0.1, 0.15) is 0 Å². The van der Waals surface area contributed by atoms with Gasteiger partial charge in [0.2, 0.25) is 0 Å². The average molecular weight is 246 g/mol. The van der Waals surface area contributed by atoms with Crippen molar-refractivity contribution in [3.63, 3.8) is 0 Å². The molecule has 0 aromatic rings. The third kappa shape index (κ3) is 5.17. The number of carbonyl (C=O) groups excluding carboxylic acids is 1. The summed E-state index contributed by atoms with van der Waals surface area (Å²) < 4.78 is 9.81. The van der Waals surface area contributed by atoms with Crippen molar-refractivity contribution in [2.24, 2.45) is 11.3 Å². The van der Waals surface area contributed by atoms with Gasteiger partial charge >= 0.3 is 11.9 Å². The van der Waals surface area contributed by atoms with Gasteiger partial charge in [-0.25, -0.2) is 0 Å². The molecule has 0 fully saturated rings. The number of aliphatic carboxylic acids is 1. The van der Waals surface area contributed by atoms with Gasteiger partial charge in [-0.2, -0.15) is 0 Å². The van der Waals surface area contributed by atoms with E-state index in [1.54, 1.807) is 0 Å². The molecule has 0 rings (SSSR count). The third-order valence-electron chi connectivity index (χ3n) is 2.69. The van der Waals surface area contributed by atoms with Crippen molar-refractivity contribution in [1.82, 2.24) is 0 Å². The Morgan fingerprint density at radius 3 is 2.29 bits per heavy atom. The maximum Gasteiger partial charge on any atom is 0.323 e. The summed E-state index contributed by atoms with van der Waals surface area (Å²) in [7, 11) is 1.18. The SMILES string of the molecule is COC(=O)C(C)(CCOCCC(C)C)C(=O)O. The Bertz CT molecular complexity index is 262. The van der Waals surface area contributed by atoms with Gasteiger partial charge in [-0.1, -0.05) is 13.8 Å². The molecule has 100 valence electrons. The summed E-state index contributed by atoms with van der Waals surface area (Å²) in [6, 6.07) is 0. The fourth-order valence-corrected chi connectivity index (χ4v) is 1.22.